The van der Waals surface area contributed by atoms with Gasteiger partial charge in [0.1, 0.15) is 0 Å². The Kier molecular flexibility index (Phi) is 4.88. The summed E-state index contributed by atoms with van der Waals surface area (Å²) in [4.78, 5) is 13.9. The van der Waals surface area contributed by atoms with E-state index in [0.29, 0.717) is 38.3 Å². The van der Waals surface area contributed by atoms with Gasteiger partial charge in [-0.05, 0) is 18.1 Å². The number of alkyl halides is 3. The van der Waals surface area contributed by atoms with Gasteiger partial charge in [-0.15, -0.1) is 0 Å². The Balaban J connectivity index is 2.02. The fraction of sp³-hybridized carbons (Fsp3) is 0.533. The molecule has 1 unspecified atom stereocenters. The summed E-state index contributed by atoms with van der Waals surface area (Å²) in [6.07, 6.45) is -4.05. The molecule has 1 aromatic rings. The van der Waals surface area contributed by atoms with Crippen molar-refractivity contribution in [3.63, 3.8) is 0 Å². The van der Waals surface area contributed by atoms with Crippen LogP contribution in [0.1, 0.15) is 18.1 Å². The molecule has 1 amide bonds. The lowest BCUT2D eigenvalue weighted by Gasteiger charge is -2.29. The van der Waals surface area contributed by atoms with Crippen LogP contribution in [0.4, 0.5) is 13.2 Å². The first kappa shape index (κ1) is 15.8. The van der Waals surface area contributed by atoms with Crippen LogP contribution in [0.25, 0.3) is 0 Å². The van der Waals surface area contributed by atoms with Crippen LogP contribution < -0.4 is 0 Å². The molecule has 1 saturated heterocycles. The molecule has 116 valence electrons. The van der Waals surface area contributed by atoms with E-state index in [9.17, 15) is 18.0 Å². The number of carbonyl (C=O) groups excluding carboxylic acids is 1. The van der Waals surface area contributed by atoms with Crippen molar-refractivity contribution in [2.24, 2.45) is 5.92 Å². The monoisotopic (exact) mass is 301 g/mol. The molecule has 1 atom stereocenters. The number of nitrogens with zero attached hydrogens (tertiary/aromatic N) is 1. The maximum Gasteiger partial charge on any atom is 0.416 e. The number of halogens is 3. The standard InChI is InChI=1S/C15H18F3NO2/c1-11(14(20)19-5-7-21-8-6-19)9-12-3-2-4-13(10-12)15(16,17)18/h2-4,10-11H,5-9H2,1H3. The highest BCUT2D eigenvalue weighted by Crippen LogP contribution is 2.30. The van der Waals surface area contributed by atoms with E-state index < -0.39 is 11.7 Å². The summed E-state index contributed by atoms with van der Waals surface area (Å²) in [7, 11) is 0. The Labute approximate surface area is 121 Å². The summed E-state index contributed by atoms with van der Waals surface area (Å²) < 4.78 is 43.2. The third-order valence-corrected chi connectivity index (χ3v) is 3.54. The molecule has 0 aliphatic carbocycles. The van der Waals surface area contributed by atoms with Crippen LogP contribution in [0.2, 0.25) is 0 Å². The summed E-state index contributed by atoms with van der Waals surface area (Å²) in [6.45, 7) is 3.87. The molecule has 0 radical (unpaired) electrons. The molecule has 0 N–H and O–H groups in total. The Morgan fingerprint density at radius 1 is 1.33 bits per heavy atom. The van der Waals surface area contributed by atoms with Gasteiger partial charge >= 0.3 is 6.18 Å². The second-order valence-corrected chi connectivity index (χ2v) is 5.24. The van der Waals surface area contributed by atoms with Crippen LogP contribution in [0, 0.1) is 5.92 Å². The van der Waals surface area contributed by atoms with Crippen molar-refractivity contribution < 1.29 is 22.7 Å². The van der Waals surface area contributed by atoms with Crippen LogP contribution in [-0.2, 0) is 22.1 Å². The first-order valence-corrected chi connectivity index (χ1v) is 6.90. The number of rotatable bonds is 3. The van der Waals surface area contributed by atoms with Gasteiger partial charge in [-0.3, -0.25) is 4.79 Å². The van der Waals surface area contributed by atoms with Crippen molar-refractivity contribution in [3.05, 3.63) is 35.4 Å². The molecule has 3 nitrogen and oxygen atoms in total. The van der Waals surface area contributed by atoms with Gasteiger partial charge in [0, 0.05) is 19.0 Å². The highest BCUT2D eigenvalue weighted by atomic mass is 19.4. The molecule has 1 aromatic carbocycles. The second-order valence-electron chi connectivity index (χ2n) is 5.24. The van der Waals surface area contributed by atoms with Gasteiger partial charge in [-0.2, -0.15) is 13.2 Å². The van der Waals surface area contributed by atoms with Crippen molar-refractivity contribution in [1.82, 2.24) is 4.90 Å². The SMILES string of the molecule is CC(Cc1cccc(C(F)(F)F)c1)C(=O)N1CCOCC1. The summed E-state index contributed by atoms with van der Waals surface area (Å²) in [5.41, 5.74) is -0.148. The van der Waals surface area contributed by atoms with E-state index in [2.05, 4.69) is 0 Å². The Morgan fingerprint density at radius 2 is 2.00 bits per heavy atom. The molecular weight excluding hydrogens is 283 g/mol. The van der Waals surface area contributed by atoms with E-state index in [4.69, 9.17) is 4.74 Å². The lowest BCUT2D eigenvalue weighted by Crippen LogP contribution is -2.43. The predicted octanol–water partition coefficient (Wildman–Crippen LogP) is 2.74. The highest BCUT2D eigenvalue weighted by molar-refractivity contribution is 5.78. The number of amides is 1. The van der Waals surface area contributed by atoms with Gasteiger partial charge in [0.25, 0.3) is 0 Å². The molecule has 21 heavy (non-hydrogen) atoms. The summed E-state index contributed by atoms with van der Waals surface area (Å²) in [6, 6.07) is 5.16. The Bertz CT molecular complexity index is 496. The third-order valence-electron chi connectivity index (χ3n) is 3.54. The minimum atomic E-state index is -4.35. The molecule has 1 heterocycles. The molecule has 0 aromatic heterocycles. The summed E-state index contributed by atoms with van der Waals surface area (Å²) >= 11 is 0. The summed E-state index contributed by atoms with van der Waals surface area (Å²) in [5, 5.41) is 0. The lowest BCUT2D eigenvalue weighted by molar-refractivity contribution is -0.139. The average molecular weight is 301 g/mol. The molecule has 1 fully saturated rings. The fourth-order valence-electron chi connectivity index (χ4n) is 2.41. The van der Waals surface area contributed by atoms with E-state index in [0.717, 1.165) is 12.1 Å². The molecule has 6 heteroatoms. The van der Waals surface area contributed by atoms with Crippen molar-refractivity contribution >= 4 is 5.91 Å². The van der Waals surface area contributed by atoms with Gasteiger partial charge in [-0.1, -0.05) is 25.1 Å². The number of morpholine rings is 1. The average Bonchev–Trinajstić information content (AvgIpc) is 2.47. The first-order chi connectivity index (χ1) is 9.88. The molecule has 2 rings (SSSR count). The summed E-state index contributed by atoms with van der Waals surface area (Å²) in [5.74, 6) is -0.373. The third kappa shape index (κ3) is 4.20. The molecule has 1 aliphatic rings. The maximum atomic E-state index is 12.7. The van der Waals surface area contributed by atoms with Gasteiger partial charge in [0.05, 0.1) is 18.8 Å². The number of benzene rings is 1. The molecule has 0 spiro atoms. The van der Waals surface area contributed by atoms with E-state index >= 15 is 0 Å². The Hall–Kier alpha value is -1.56. The molecule has 1 aliphatic heterocycles. The van der Waals surface area contributed by atoms with Crippen LogP contribution in [0.3, 0.4) is 0 Å². The number of hydrogen-bond acceptors (Lipinski definition) is 2. The van der Waals surface area contributed by atoms with E-state index in [-0.39, 0.29) is 11.8 Å². The highest BCUT2D eigenvalue weighted by Gasteiger charge is 2.30. The van der Waals surface area contributed by atoms with Crippen molar-refractivity contribution in [2.45, 2.75) is 19.5 Å². The lowest BCUT2D eigenvalue weighted by atomic mass is 9.98. The van der Waals surface area contributed by atoms with Crippen molar-refractivity contribution in [2.75, 3.05) is 26.3 Å². The zero-order valence-corrected chi connectivity index (χ0v) is 11.8. The second kappa shape index (κ2) is 6.47. The first-order valence-electron chi connectivity index (χ1n) is 6.90. The largest absolute Gasteiger partial charge is 0.416 e. The van der Waals surface area contributed by atoms with Crippen molar-refractivity contribution in [3.8, 4) is 0 Å². The zero-order valence-electron chi connectivity index (χ0n) is 11.8. The normalized spacial score (nSPS) is 17.6. The van der Waals surface area contributed by atoms with Crippen LogP contribution in [0.15, 0.2) is 24.3 Å². The minimum absolute atomic E-state index is 0.0317. The van der Waals surface area contributed by atoms with Crippen LogP contribution in [-0.4, -0.2) is 37.1 Å². The minimum Gasteiger partial charge on any atom is -0.378 e. The fourth-order valence-corrected chi connectivity index (χ4v) is 2.41. The zero-order chi connectivity index (χ0) is 15.5. The van der Waals surface area contributed by atoms with E-state index in [1.54, 1.807) is 17.9 Å². The van der Waals surface area contributed by atoms with Crippen LogP contribution >= 0.6 is 0 Å². The number of hydrogen-bond donors (Lipinski definition) is 0. The molecular formula is C15H18F3NO2. The molecule has 0 bridgehead atoms. The van der Waals surface area contributed by atoms with Gasteiger partial charge in [0.2, 0.25) is 5.91 Å². The maximum absolute atomic E-state index is 12.7. The number of carbonyl (C=O) groups is 1. The van der Waals surface area contributed by atoms with Gasteiger partial charge in [-0.25, -0.2) is 0 Å². The van der Waals surface area contributed by atoms with E-state index in [1.165, 1.54) is 6.07 Å². The smallest absolute Gasteiger partial charge is 0.378 e. The molecule has 0 saturated carbocycles. The van der Waals surface area contributed by atoms with Crippen molar-refractivity contribution in [1.29, 1.82) is 0 Å². The predicted molar refractivity (Wildman–Crippen MR) is 71.7 cm³/mol. The van der Waals surface area contributed by atoms with E-state index in [1.807, 2.05) is 0 Å². The quantitative estimate of drug-likeness (QED) is 0.859. The van der Waals surface area contributed by atoms with Gasteiger partial charge in [0.15, 0.2) is 0 Å². The topological polar surface area (TPSA) is 29.5 Å². The Morgan fingerprint density at radius 3 is 2.62 bits per heavy atom. The van der Waals surface area contributed by atoms with Gasteiger partial charge < -0.3 is 9.64 Å². The van der Waals surface area contributed by atoms with Crippen LogP contribution in [0.5, 0.6) is 0 Å². The number of ether oxygens (including phenoxy) is 1.